The third kappa shape index (κ3) is 3.19. The van der Waals surface area contributed by atoms with E-state index in [-0.39, 0.29) is 17.4 Å². The molecular weight excluding hydrogens is 337 g/mol. The summed E-state index contributed by atoms with van der Waals surface area (Å²) in [6.07, 6.45) is 3.99. The monoisotopic (exact) mass is 355 g/mol. The number of carbonyl (C=O) groups is 1. The highest BCUT2D eigenvalue weighted by Crippen LogP contribution is 2.38. The number of halogens is 1. The number of rotatable bonds is 6. The number of benzene rings is 1. The molecule has 2 heterocycles. The number of amides is 1. The second-order valence-electron chi connectivity index (χ2n) is 6.32. The molecule has 0 spiro atoms. The summed E-state index contributed by atoms with van der Waals surface area (Å²) in [6.45, 7) is 2.80. The average Bonchev–Trinajstić information content (AvgIpc) is 3.25. The first-order chi connectivity index (χ1) is 12.6. The zero-order valence-corrected chi connectivity index (χ0v) is 14.3. The van der Waals surface area contributed by atoms with Crippen LogP contribution in [0.1, 0.15) is 40.8 Å². The van der Waals surface area contributed by atoms with Crippen molar-refractivity contribution in [1.82, 2.24) is 35.1 Å². The van der Waals surface area contributed by atoms with Crippen LogP contribution in [0.25, 0.3) is 5.69 Å². The lowest BCUT2D eigenvalue weighted by molar-refractivity contribution is 0.0946. The number of hydrogen-bond donors (Lipinski definition) is 1. The smallest absolute Gasteiger partial charge is 0.273 e. The van der Waals surface area contributed by atoms with Crippen LogP contribution in [0, 0.1) is 12.7 Å². The van der Waals surface area contributed by atoms with Crippen molar-refractivity contribution in [3.63, 3.8) is 0 Å². The van der Waals surface area contributed by atoms with E-state index in [2.05, 4.69) is 25.8 Å². The van der Waals surface area contributed by atoms with E-state index in [1.54, 1.807) is 25.4 Å². The van der Waals surface area contributed by atoms with Crippen LogP contribution in [0.3, 0.4) is 0 Å². The van der Waals surface area contributed by atoms with Crippen LogP contribution in [0.5, 0.6) is 0 Å². The van der Waals surface area contributed by atoms with Crippen molar-refractivity contribution in [2.75, 3.05) is 6.54 Å². The molecule has 1 aliphatic rings. The molecule has 0 saturated heterocycles. The second kappa shape index (κ2) is 6.66. The molecule has 1 aromatic carbocycles. The summed E-state index contributed by atoms with van der Waals surface area (Å²) in [5.74, 6) is 0.865. The lowest BCUT2D eigenvalue weighted by atomic mass is 10.3. The molecule has 1 N–H and O–H groups in total. The van der Waals surface area contributed by atoms with E-state index in [4.69, 9.17) is 0 Å². The second-order valence-corrected chi connectivity index (χ2v) is 6.32. The molecule has 26 heavy (non-hydrogen) atoms. The number of carbonyl (C=O) groups excluding carboxylic acids is 1. The zero-order chi connectivity index (χ0) is 18.1. The Labute approximate surface area is 149 Å². The lowest BCUT2D eigenvalue weighted by Crippen LogP contribution is -2.28. The van der Waals surface area contributed by atoms with Gasteiger partial charge in [-0.3, -0.25) is 4.79 Å². The molecule has 2 aromatic heterocycles. The molecule has 134 valence electrons. The van der Waals surface area contributed by atoms with Gasteiger partial charge < -0.3 is 9.88 Å². The summed E-state index contributed by atoms with van der Waals surface area (Å²) in [4.78, 5) is 12.4. The Kier molecular flexibility index (Phi) is 4.19. The fourth-order valence-electron chi connectivity index (χ4n) is 2.83. The van der Waals surface area contributed by atoms with E-state index in [9.17, 15) is 9.18 Å². The summed E-state index contributed by atoms with van der Waals surface area (Å²) in [6, 6.07) is 5.86. The van der Waals surface area contributed by atoms with Crippen LogP contribution in [-0.2, 0) is 6.54 Å². The minimum absolute atomic E-state index is 0.250. The molecular formula is C17H18FN7O. The maximum absolute atomic E-state index is 13.1. The minimum Gasteiger partial charge on any atom is -0.349 e. The Bertz CT molecular complexity index is 927. The number of nitrogens with one attached hydrogen (secondary N) is 1. The van der Waals surface area contributed by atoms with Crippen LogP contribution in [-0.4, -0.2) is 42.2 Å². The summed E-state index contributed by atoms with van der Waals surface area (Å²) in [5.41, 5.74) is 1.49. The molecule has 1 fully saturated rings. The standard InChI is InChI=1S/C17H18FN7O/c1-11-15(21-23-25(11)14-6-4-13(18)5-7-14)17(26)19-8-9-24-10-20-22-16(24)12-2-3-12/h4-7,10,12H,2-3,8-9H2,1H3,(H,19,26). The molecule has 0 aliphatic heterocycles. The number of aromatic nitrogens is 6. The highest BCUT2D eigenvalue weighted by atomic mass is 19.1. The van der Waals surface area contributed by atoms with Crippen molar-refractivity contribution in [2.45, 2.75) is 32.2 Å². The molecule has 4 rings (SSSR count). The van der Waals surface area contributed by atoms with Crippen LogP contribution >= 0.6 is 0 Å². The van der Waals surface area contributed by atoms with Gasteiger partial charge in [-0.1, -0.05) is 5.21 Å². The fourth-order valence-corrected chi connectivity index (χ4v) is 2.83. The first-order valence-electron chi connectivity index (χ1n) is 8.47. The van der Waals surface area contributed by atoms with Crippen molar-refractivity contribution in [3.8, 4) is 5.69 Å². The SMILES string of the molecule is Cc1c(C(=O)NCCn2cnnc2C2CC2)nnn1-c1ccc(F)cc1. The number of nitrogens with zero attached hydrogens (tertiary/aromatic N) is 6. The van der Waals surface area contributed by atoms with Gasteiger partial charge in [0.1, 0.15) is 18.0 Å². The van der Waals surface area contributed by atoms with E-state index in [1.165, 1.54) is 16.8 Å². The molecule has 0 bridgehead atoms. The first kappa shape index (κ1) is 16.4. The molecule has 0 radical (unpaired) electrons. The molecule has 1 aliphatic carbocycles. The van der Waals surface area contributed by atoms with Crippen molar-refractivity contribution in [3.05, 3.63) is 53.6 Å². The number of hydrogen-bond acceptors (Lipinski definition) is 5. The molecule has 3 aromatic rings. The van der Waals surface area contributed by atoms with E-state index < -0.39 is 0 Å². The van der Waals surface area contributed by atoms with Gasteiger partial charge in [0.15, 0.2) is 5.69 Å². The quantitative estimate of drug-likeness (QED) is 0.725. The maximum atomic E-state index is 13.1. The summed E-state index contributed by atoms with van der Waals surface area (Å²) in [5, 5.41) is 18.9. The first-order valence-corrected chi connectivity index (χ1v) is 8.47. The van der Waals surface area contributed by atoms with Gasteiger partial charge in [0.2, 0.25) is 0 Å². The Morgan fingerprint density at radius 3 is 2.77 bits per heavy atom. The third-order valence-corrected chi connectivity index (χ3v) is 4.41. The Balaban J connectivity index is 1.40. The largest absolute Gasteiger partial charge is 0.349 e. The predicted octanol–water partition coefficient (Wildman–Crippen LogP) is 1.61. The van der Waals surface area contributed by atoms with Gasteiger partial charge in [0.25, 0.3) is 5.91 Å². The van der Waals surface area contributed by atoms with Crippen LogP contribution in [0.15, 0.2) is 30.6 Å². The third-order valence-electron chi connectivity index (χ3n) is 4.41. The van der Waals surface area contributed by atoms with Gasteiger partial charge in [0, 0.05) is 19.0 Å². The maximum Gasteiger partial charge on any atom is 0.273 e. The Morgan fingerprint density at radius 2 is 2.04 bits per heavy atom. The van der Waals surface area contributed by atoms with Gasteiger partial charge in [-0.25, -0.2) is 9.07 Å². The van der Waals surface area contributed by atoms with Gasteiger partial charge in [-0.2, -0.15) is 0 Å². The van der Waals surface area contributed by atoms with Crippen LogP contribution in [0.2, 0.25) is 0 Å². The molecule has 0 unspecified atom stereocenters. The Morgan fingerprint density at radius 1 is 1.27 bits per heavy atom. The van der Waals surface area contributed by atoms with Gasteiger partial charge in [-0.15, -0.1) is 15.3 Å². The van der Waals surface area contributed by atoms with Crippen molar-refractivity contribution >= 4 is 5.91 Å². The average molecular weight is 355 g/mol. The topological polar surface area (TPSA) is 90.5 Å². The Hall–Kier alpha value is -3.10. The van der Waals surface area contributed by atoms with E-state index in [0.717, 1.165) is 18.7 Å². The van der Waals surface area contributed by atoms with Crippen LogP contribution in [0.4, 0.5) is 4.39 Å². The molecule has 9 heteroatoms. The normalized spacial score (nSPS) is 13.8. The lowest BCUT2D eigenvalue weighted by Gasteiger charge is -2.07. The molecule has 0 atom stereocenters. The minimum atomic E-state index is -0.330. The van der Waals surface area contributed by atoms with Gasteiger partial charge in [-0.05, 0) is 44.0 Å². The summed E-state index contributed by atoms with van der Waals surface area (Å²) >= 11 is 0. The summed E-state index contributed by atoms with van der Waals surface area (Å²) in [7, 11) is 0. The fraction of sp³-hybridized carbons (Fsp3) is 0.353. The molecule has 1 saturated carbocycles. The predicted molar refractivity (Wildman–Crippen MR) is 90.4 cm³/mol. The van der Waals surface area contributed by atoms with Gasteiger partial charge in [0.05, 0.1) is 11.4 Å². The van der Waals surface area contributed by atoms with E-state index in [1.807, 2.05) is 4.57 Å². The van der Waals surface area contributed by atoms with E-state index >= 15 is 0 Å². The van der Waals surface area contributed by atoms with Crippen molar-refractivity contribution < 1.29 is 9.18 Å². The van der Waals surface area contributed by atoms with Crippen molar-refractivity contribution in [1.29, 1.82) is 0 Å². The summed E-state index contributed by atoms with van der Waals surface area (Å²) < 4.78 is 16.5. The highest BCUT2D eigenvalue weighted by molar-refractivity contribution is 5.93. The molecule has 1 amide bonds. The van der Waals surface area contributed by atoms with E-state index in [0.29, 0.717) is 30.4 Å². The van der Waals surface area contributed by atoms with Crippen LogP contribution < -0.4 is 5.32 Å². The van der Waals surface area contributed by atoms with Gasteiger partial charge >= 0.3 is 0 Å². The molecule has 8 nitrogen and oxygen atoms in total. The van der Waals surface area contributed by atoms with Crippen molar-refractivity contribution in [2.24, 2.45) is 0 Å². The zero-order valence-electron chi connectivity index (χ0n) is 14.3. The highest BCUT2D eigenvalue weighted by Gasteiger charge is 2.28.